The first kappa shape index (κ1) is 11.0. The topological polar surface area (TPSA) is 76.0 Å². The highest BCUT2D eigenvalue weighted by Gasteiger charge is 2.13. The highest BCUT2D eigenvalue weighted by Crippen LogP contribution is 2.13. The van der Waals surface area contributed by atoms with Crippen molar-refractivity contribution in [1.29, 1.82) is 0 Å². The number of anilines is 1. The first-order valence-electron chi connectivity index (χ1n) is 5.76. The summed E-state index contributed by atoms with van der Waals surface area (Å²) in [6, 6.07) is 3.25. The third-order valence-corrected chi connectivity index (χ3v) is 2.85. The number of rotatable bonds is 2. The van der Waals surface area contributed by atoms with E-state index >= 15 is 0 Å². The average Bonchev–Trinajstić information content (AvgIpc) is 2.86. The molecule has 0 aliphatic carbocycles. The molecule has 1 N–H and O–H groups in total. The summed E-state index contributed by atoms with van der Waals surface area (Å²) >= 11 is 0. The summed E-state index contributed by atoms with van der Waals surface area (Å²) in [6.45, 7) is 3.00. The molecule has 0 bridgehead atoms. The van der Waals surface area contributed by atoms with E-state index in [0.717, 1.165) is 18.9 Å². The van der Waals surface area contributed by atoms with E-state index in [1.54, 1.807) is 12.3 Å². The molecule has 1 saturated heterocycles. The number of hydrogen-bond donors (Lipinski definition) is 1. The van der Waals surface area contributed by atoms with E-state index in [0.29, 0.717) is 19.0 Å². The van der Waals surface area contributed by atoms with Gasteiger partial charge < -0.3 is 9.64 Å². The number of morpholine rings is 1. The van der Waals surface area contributed by atoms with Crippen LogP contribution < -0.4 is 10.5 Å². The molecule has 7 heteroatoms. The van der Waals surface area contributed by atoms with Crippen LogP contribution >= 0.6 is 0 Å². The molecule has 0 atom stereocenters. The minimum atomic E-state index is -0.137. The lowest BCUT2D eigenvalue weighted by Crippen LogP contribution is -2.36. The zero-order valence-electron chi connectivity index (χ0n) is 9.74. The van der Waals surface area contributed by atoms with Crippen LogP contribution in [0.25, 0.3) is 5.82 Å². The van der Waals surface area contributed by atoms with E-state index in [1.165, 1.54) is 17.1 Å². The molecule has 1 fully saturated rings. The van der Waals surface area contributed by atoms with Gasteiger partial charge in [0, 0.05) is 31.4 Å². The van der Waals surface area contributed by atoms with Crippen molar-refractivity contribution in [2.45, 2.75) is 0 Å². The number of H-pyrrole nitrogens is 1. The molecule has 3 heterocycles. The number of aromatic amines is 1. The zero-order valence-corrected chi connectivity index (χ0v) is 9.74. The van der Waals surface area contributed by atoms with E-state index in [9.17, 15) is 4.79 Å². The van der Waals surface area contributed by atoms with Gasteiger partial charge in [-0.1, -0.05) is 0 Å². The number of nitrogens with one attached hydrogen (secondary N) is 1. The molecule has 0 unspecified atom stereocenters. The Hall–Kier alpha value is -2.15. The normalized spacial score (nSPS) is 15.9. The molecule has 0 saturated carbocycles. The van der Waals surface area contributed by atoms with Gasteiger partial charge in [0.1, 0.15) is 12.1 Å². The predicted octanol–water partition coefficient (Wildman–Crippen LogP) is -0.208. The quantitative estimate of drug-likeness (QED) is 0.794. The molecule has 2 aromatic rings. The maximum atomic E-state index is 11.5. The van der Waals surface area contributed by atoms with E-state index in [-0.39, 0.29) is 5.56 Å². The predicted molar refractivity (Wildman–Crippen MR) is 65.0 cm³/mol. The molecule has 94 valence electrons. The van der Waals surface area contributed by atoms with Crippen LogP contribution in [0.4, 0.5) is 5.82 Å². The van der Waals surface area contributed by atoms with Crippen LogP contribution in [0.15, 0.2) is 29.5 Å². The SMILES string of the molecule is O=c1cc[nH]n1-c1cc(N2CCOCC2)ncn1. The second-order valence-corrected chi connectivity index (χ2v) is 3.97. The third kappa shape index (κ3) is 2.00. The standard InChI is InChI=1S/C11H13N5O2/c17-11-1-2-14-16(11)10-7-9(12-8-13-10)15-3-5-18-6-4-15/h1-2,7-8,14H,3-6H2. The molecule has 7 nitrogen and oxygen atoms in total. The molecule has 1 aliphatic heterocycles. The Balaban J connectivity index is 1.94. The van der Waals surface area contributed by atoms with Crippen molar-refractivity contribution in [1.82, 2.24) is 19.7 Å². The van der Waals surface area contributed by atoms with Crippen LogP contribution in [0.2, 0.25) is 0 Å². The fourth-order valence-corrected chi connectivity index (χ4v) is 1.93. The van der Waals surface area contributed by atoms with Crippen molar-refractivity contribution >= 4 is 5.82 Å². The maximum Gasteiger partial charge on any atom is 0.272 e. The molecule has 0 aromatic carbocycles. The second-order valence-electron chi connectivity index (χ2n) is 3.97. The van der Waals surface area contributed by atoms with Gasteiger partial charge in [0.05, 0.1) is 13.2 Å². The first-order valence-corrected chi connectivity index (χ1v) is 5.76. The van der Waals surface area contributed by atoms with Crippen LogP contribution in [0.1, 0.15) is 0 Å². The summed E-state index contributed by atoms with van der Waals surface area (Å²) in [6.07, 6.45) is 3.05. The minimum Gasteiger partial charge on any atom is -0.378 e. The van der Waals surface area contributed by atoms with Crippen LogP contribution in [-0.4, -0.2) is 46.1 Å². The van der Waals surface area contributed by atoms with Gasteiger partial charge >= 0.3 is 0 Å². The minimum absolute atomic E-state index is 0.137. The lowest BCUT2D eigenvalue weighted by Gasteiger charge is -2.27. The van der Waals surface area contributed by atoms with Gasteiger partial charge in [-0.3, -0.25) is 9.89 Å². The van der Waals surface area contributed by atoms with Crippen LogP contribution in [0.3, 0.4) is 0 Å². The van der Waals surface area contributed by atoms with Gasteiger partial charge in [-0.2, -0.15) is 0 Å². The molecule has 0 amide bonds. The Kier molecular flexibility index (Phi) is 2.81. The fourth-order valence-electron chi connectivity index (χ4n) is 1.93. The molecular weight excluding hydrogens is 234 g/mol. The van der Waals surface area contributed by atoms with E-state index in [2.05, 4.69) is 20.0 Å². The third-order valence-electron chi connectivity index (χ3n) is 2.85. The van der Waals surface area contributed by atoms with Crippen molar-refractivity contribution in [3.05, 3.63) is 35.0 Å². The van der Waals surface area contributed by atoms with Crippen molar-refractivity contribution < 1.29 is 4.74 Å². The lowest BCUT2D eigenvalue weighted by molar-refractivity contribution is 0.122. The highest BCUT2D eigenvalue weighted by molar-refractivity contribution is 5.43. The summed E-state index contributed by atoms with van der Waals surface area (Å²) in [4.78, 5) is 22.0. The largest absolute Gasteiger partial charge is 0.378 e. The number of hydrogen-bond acceptors (Lipinski definition) is 5. The lowest BCUT2D eigenvalue weighted by atomic mass is 10.4. The average molecular weight is 247 g/mol. The van der Waals surface area contributed by atoms with Crippen molar-refractivity contribution in [3.63, 3.8) is 0 Å². The van der Waals surface area contributed by atoms with Crippen molar-refractivity contribution in [2.24, 2.45) is 0 Å². The molecule has 0 radical (unpaired) electrons. The number of aromatic nitrogens is 4. The van der Waals surface area contributed by atoms with Crippen LogP contribution in [0, 0.1) is 0 Å². The van der Waals surface area contributed by atoms with Gasteiger partial charge in [0.15, 0.2) is 5.82 Å². The smallest absolute Gasteiger partial charge is 0.272 e. The van der Waals surface area contributed by atoms with Gasteiger partial charge in [-0.05, 0) is 0 Å². The summed E-state index contributed by atoms with van der Waals surface area (Å²) in [7, 11) is 0. The summed E-state index contributed by atoms with van der Waals surface area (Å²) < 4.78 is 6.68. The summed E-state index contributed by atoms with van der Waals surface area (Å²) in [5.41, 5.74) is -0.137. The van der Waals surface area contributed by atoms with Gasteiger partial charge in [0.2, 0.25) is 0 Å². The Labute approximate surface area is 103 Å². The van der Waals surface area contributed by atoms with E-state index < -0.39 is 0 Å². The van der Waals surface area contributed by atoms with Crippen LogP contribution in [0.5, 0.6) is 0 Å². The fraction of sp³-hybridized carbons (Fsp3) is 0.364. The maximum absolute atomic E-state index is 11.5. The molecule has 2 aromatic heterocycles. The molecular formula is C11H13N5O2. The molecule has 3 rings (SSSR count). The van der Waals surface area contributed by atoms with E-state index in [4.69, 9.17) is 4.74 Å². The van der Waals surface area contributed by atoms with Crippen molar-refractivity contribution in [2.75, 3.05) is 31.2 Å². The Morgan fingerprint density at radius 2 is 2.00 bits per heavy atom. The van der Waals surface area contributed by atoms with Gasteiger partial charge in [-0.25, -0.2) is 14.6 Å². The zero-order chi connectivity index (χ0) is 12.4. The first-order chi connectivity index (χ1) is 8.84. The van der Waals surface area contributed by atoms with Gasteiger partial charge in [0.25, 0.3) is 5.56 Å². The Morgan fingerprint density at radius 1 is 1.22 bits per heavy atom. The van der Waals surface area contributed by atoms with E-state index in [1.807, 2.05) is 0 Å². The highest BCUT2D eigenvalue weighted by atomic mass is 16.5. The van der Waals surface area contributed by atoms with Crippen LogP contribution in [-0.2, 0) is 4.74 Å². The van der Waals surface area contributed by atoms with Crippen molar-refractivity contribution in [3.8, 4) is 5.82 Å². The number of ether oxygens (including phenoxy) is 1. The second kappa shape index (κ2) is 4.61. The van der Waals surface area contributed by atoms with Gasteiger partial charge in [-0.15, -0.1) is 0 Å². The Bertz CT molecular complexity index is 585. The number of nitrogens with zero attached hydrogens (tertiary/aromatic N) is 4. The molecule has 0 spiro atoms. The summed E-state index contributed by atoms with van der Waals surface area (Å²) in [5.74, 6) is 1.35. The Morgan fingerprint density at radius 3 is 2.72 bits per heavy atom. The molecule has 18 heavy (non-hydrogen) atoms. The summed E-state index contributed by atoms with van der Waals surface area (Å²) in [5, 5.41) is 2.82. The molecule has 1 aliphatic rings. The monoisotopic (exact) mass is 247 g/mol.